The fraction of sp³-hybridized carbons (Fsp3) is 0.588. The van der Waals surface area contributed by atoms with Gasteiger partial charge in [0.1, 0.15) is 5.75 Å². The minimum atomic E-state index is 0.146. The van der Waals surface area contributed by atoms with E-state index in [4.69, 9.17) is 10.00 Å². The molecule has 2 aliphatic rings. The lowest BCUT2D eigenvalue weighted by molar-refractivity contribution is 0.236. The molecule has 1 fully saturated rings. The number of ether oxygens (including phenoxy) is 1. The number of nitrogens with zero attached hydrogens (tertiary/aromatic N) is 1. The van der Waals surface area contributed by atoms with E-state index in [-0.39, 0.29) is 5.41 Å². The van der Waals surface area contributed by atoms with Crippen LogP contribution in [0.4, 0.5) is 0 Å². The molecule has 2 aliphatic carbocycles. The zero-order valence-electron chi connectivity index (χ0n) is 12.1. The summed E-state index contributed by atoms with van der Waals surface area (Å²) in [6.07, 6.45) is 6.51. The Labute approximate surface area is 120 Å². The van der Waals surface area contributed by atoms with Crippen LogP contribution in [0.5, 0.6) is 5.75 Å². The van der Waals surface area contributed by atoms with Crippen LogP contribution < -0.4 is 10.1 Å². The summed E-state index contributed by atoms with van der Waals surface area (Å²) in [4.78, 5) is 0. The largest absolute Gasteiger partial charge is 0.493 e. The van der Waals surface area contributed by atoms with Gasteiger partial charge in [0.05, 0.1) is 12.7 Å². The van der Waals surface area contributed by atoms with Crippen molar-refractivity contribution >= 4 is 0 Å². The molecule has 3 heteroatoms. The molecule has 0 radical (unpaired) electrons. The van der Waals surface area contributed by atoms with E-state index in [1.54, 1.807) is 0 Å². The van der Waals surface area contributed by atoms with E-state index in [0.717, 1.165) is 18.6 Å². The third kappa shape index (κ3) is 2.66. The second-order valence-electron chi connectivity index (χ2n) is 6.22. The van der Waals surface area contributed by atoms with Gasteiger partial charge in [0.15, 0.2) is 0 Å². The highest BCUT2D eigenvalue weighted by atomic mass is 16.5. The highest BCUT2D eigenvalue weighted by molar-refractivity contribution is 5.39. The zero-order valence-corrected chi connectivity index (χ0v) is 12.1. The molecule has 0 bridgehead atoms. The third-order valence-electron chi connectivity index (χ3n) is 4.74. The monoisotopic (exact) mass is 270 g/mol. The lowest BCUT2D eigenvalue weighted by Gasteiger charge is -2.26. The summed E-state index contributed by atoms with van der Waals surface area (Å²) in [5.41, 5.74) is 2.98. The molecule has 0 heterocycles. The van der Waals surface area contributed by atoms with Crippen LogP contribution in [0.15, 0.2) is 18.2 Å². The van der Waals surface area contributed by atoms with Crippen LogP contribution in [0.1, 0.15) is 49.3 Å². The van der Waals surface area contributed by atoms with E-state index < -0.39 is 0 Å². The van der Waals surface area contributed by atoms with Gasteiger partial charge in [0.2, 0.25) is 0 Å². The van der Waals surface area contributed by atoms with Crippen molar-refractivity contribution in [3.63, 3.8) is 0 Å². The molecule has 20 heavy (non-hydrogen) atoms. The molecule has 106 valence electrons. The summed E-state index contributed by atoms with van der Waals surface area (Å²) in [5, 5.41) is 12.2. The van der Waals surface area contributed by atoms with E-state index in [9.17, 15) is 0 Å². The van der Waals surface area contributed by atoms with Crippen molar-refractivity contribution in [2.75, 3.05) is 13.7 Å². The Morgan fingerprint density at radius 1 is 1.45 bits per heavy atom. The Balaban J connectivity index is 1.70. The molecule has 1 aromatic rings. The maximum atomic E-state index is 8.85. The van der Waals surface area contributed by atoms with Gasteiger partial charge < -0.3 is 10.1 Å². The van der Waals surface area contributed by atoms with Crippen molar-refractivity contribution in [2.24, 2.45) is 5.41 Å². The first-order chi connectivity index (χ1) is 9.76. The number of hydrogen-bond donors (Lipinski definition) is 1. The van der Waals surface area contributed by atoms with Crippen molar-refractivity contribution in [3.05, 3.63) is 29.3 Å². The number of nitriles is 1. The lowest BCUT2D eigenvalue weighted by atomic mass is 9.87. The minimum Gasteiger partial charge on any atom is -0.493 e. The van der Waals surface area contributed by atoms with Gasteiger partial charge in [-0.25, -0.2) is 0 Å². The van der Waals surface area contributed by atoms with E-state index in [1.807, 2.05) is 7.05 Å². The fourth-order valence-electron chi connectivity index (χ4n) is 3.12. The van der Waals surface area contributed by atoms with Crippen LogP contribution >= 0.6 is 0 Å². The van der Waals surface area contributed by atoms with Crippen LogP contribution in [0.2, 0.25) is 0 Å². The number of fused-ring (bicyclic) bond motifs is 1. The topological polar surface area (TPSA) is 45.0 Å². The number of hydrogen-bond acceptors (Lipinski definition) is 3. The van der Waals surface area contributed by atoms with Crippen molar-refractivity contribution < 1.29 is 4.74 Å². The molecule has 0 amide bonds. The molecule has 1 saturated carbocycles. The average Bonchev–Trinajstić information content (AvgIpc) is 3.25. The maximum absolute atomic E-state index is 8.85. The molecular weight excluding hydrogens is 248 g/mol. The Morgan fingerprint density at radius 3 is 3.00 bits per heavy atom. The van der Waals surface area contributed by atoms with Gasteiger partial charge in [-0.3, -0.25) is 0 Å². The van der Waals surface area contributed by atoms with E-state index >= 15 is 0 Å². The third-order valence-corrected chi connectivity index (χ3v) is 4.74. The minimum absolute atomic E-state index is 0.146. The Hall–Kier alpha value is -1.53. The van der Waals surface area contributed by atoms with Gasteiger partial charge in [0.25, 0.3) is 0 Å². The van der Waals surface area contributed by atoms with Gasteiger partial charge in [-0.15, -0.1) is 0 Å². The number of benzene rings is 1. The van der Waals surface area contributed by atoms with Crippen LogP contribution in [0.25, 0.3) is 0 Å². The number of nitrogens with one attached hydrogen (secondary N) is 1. The fourth-order valence-corrected chi connectivity index (χ4v) is 3.12. The first-order valence-corrected chi connectivity index (χ1v) is 7.56. The Bertz CT molecular complexity index is 528. The molecular formula is C17H22N2O. The van der Waals surface area contributed by atoms with Crippen molar-refractivity contribution in [1.82, 2.24) is 5.32 Å². The van der Waals surface area contributed by atoms with E-state index in [2.05, 4.69) is 29.6 Å². The highest BCUT2D eigenvalue weighted by Crippen LogP contribution is 2.48. The summed E-state index contributed by atoms with van der Waals surface area (Å²) >= 11 is 0. The van der Waals surface area contributed by atoms with Gasteiger partial charge in [-0.05, 0) is 62.4 Å². The Kier molecular flexibility index (Phi) is 3.67. The average molecular weight is 270 g/mol. The molecule has 1 unspecified atom stereocenters. The smallest absolute Gasteiger partial charge is 0.119 e. The van der Waals surface area contributed by atoms with Gasteiger partial charge in [-0.2, -0.15) is 5.26 Å². The molecule has 1 atom stereocenters. The number of rotatable bonds is 5. The number of aryl methyl sites for hydroxylation is 1. The van der Waals surface area contributed by atoms with Crippen LogP contribution in [-0.2, 0) is 6.42 Å². The summed E-state index contributed by atoms with van der Waals surface area (Å²) in [5.74, 6) is 0.954. The van der Waals surface area contributed by atoms with Gasteiger partial charge >= 0.3 is 0 Å². The summed E-state index contributed by atoms with van der Waals surface area (Å²) in [6.45, 7) is 0.684. The quantitative estimate of drug-likeness (QED) is 0.892. The molecule has 0 spiro atoms. The van der Waals surface area contributed by atoms with Crippen LogP contribution in [0, 0.1) is 16.7 Å². The molecule has 0 aliphatic heterocycles. The predicted octanol–water partition coefficient (Wildman–Crippen LogP) is 3.36. The molecule has 0 saturated heterocycles. The summed E-state index contributed by atoms with van der Waals surface area (Å²) < 4.78 is 5.97. The molecule has 0 aromatic heterocycles. The highest BCUT2D eigenvalue weighted by Gasteiger charge is 2.43. The normalized spacial score (nSPS) is 22.7. The zero-order chi connectivity index (χ0) is 14.0. The second kappa shape index (κ2) is 5.46. The first-order valence-electron chi connectivity index (χ1n) is 7.56. The van der Waals surface area contributed by atoms with Gasteiger partial charge in [-0.1, -0.05) is 6.07 Å². The van der Waals surface area contributed by atoms with E-state index in [0.29, 0.717) is 19.1 Å². The summed E-state index contributed by atoms with van der Waals surface area (Å²) in [7, 11) is 2.03. The molecule has 1 aromatic carbocycles. The van der Waals surface area contributed by atoms with Crippen molar-refractivity contribution in [2.45, 2.75) is 44.6 Å². The standard InChI is InChI=1S/C17H22N2O/c1-19-16-4-2-3-13-5-6-14(11-15(13)16)20-12-17(7-8-17)9-10-18/h5-6,11,16,19H,2-4,7-9,12H2,1H3. The van der Waals surface area contributed by atoms with Crippen molar-refractivity contribution in [1.29, 1.82) is 5.26 Å². The first kappa shape index (κ1) is 13.5. The molecule has 3 nitrogen and oxygen atoms in total. The van der Waals surface area contributed by atoms with Gasteiger partial charge in [0, 0.05) is 17.9 Å². The maximum Gasteiger partial charge on any atom is 0.119 e. The lowest BCUT2D eigenvalue weighted by Crippen LogP contribution is -2.21. The molecule has 3 rings (SSSR count). The van der Waals surface area contributed by atoms with Crippen molar-refractivity contribution in [3.8, 4) is 11.8 Å². The van der Waals surface area contributed by atoms with E-state index in [1.165, 1.54) is 30.4 Å². The van der Waals surface area contributed by atoms with Crippen LogP contribution in [0.3, 0.4) is 0 Å². The van der Waals surface area contributed by atoms with Crippen LogP contribution in [-0.4, -0.2) is 13.7 Å². The summed E-state index contributed by atoms with van der Waals surface area (Å²) in [6, 6.07) is 9.22. The molecule has 1 N–H and O–H groups in total. The Morgan fingerprint density at radius 2 is 2.30 bits per heavy atom. The SMILES string of the molecule is CNC1CCCc2ccc(OCC3(CC#N)CC3)cc21. The predicted molar refractivity (Wildman–Crippen MR) is 78.6 cm³/mol. The second-order valence-corrected chi connectivity index (χ2v) is 6.22.